The first-order chi connectivity index (χ1) is 8.61. The molecule has 0 fully saturated rings. The smallest absolute Gasteiger partial charge is 0.330 e. The van der Waals surface area contributed by atoms with Gasteiger partial charge in [0.05, 0.1) is 12.3 Å². The molecule has 1 rings (SSSR count). The third kappa shape index (κ3) is 5.40. The second-order valence-corrected chi connectivity index (χ2v) is 4.09. The predicted molar refractivity (Wildman–Crippen MR) is 71.2 cm³/mol. The molecule has 1 heterocycles. The highest BCUT2D eigenvalue weighted by Gasteiger charge is 1.99. The van der Waals surface area contributed by atoms with Gasteiger partial charge in [0.15, 0.2) is 5.13 Å². The predicted octanol–water partition coefficient (Wildman–Crippen LogP) is 2.23. The van der Waals surface area contributed by atoms with Gasteiger partial charge in [0.25, 0.3) is 0 Å². The number of hydrogen-bond donors (Lipinski definition) is 1. The van der Waals surface area contributed by atoms with Crippen LogP contribution in [-0.4, -0.2) is 23.5 Å². The summed E-state index contributed by atoms with van der Waals surface area (Å²) in [6, 6.07) is 0. The van der Waals surface area contributed by atoms with Gasteiger partial charge in [0, 0.05) is 18.4 Å². The van der Waals surface area contributed by atoms with Crippen LogP contribution in [-0.2, 0) is 14.3 Å². The summed E-state index contributed by atoms with van der Waals surface area (Å²) in [4.78, 5) is 25.9. The Morgan fingerprint density at radius 3 is 2.94 bits per heavy atom. The summed E-state index contributed by atoms with van der Waals surface area (Å²) in [6.45, 7) is 3.54. The first kappa shape index (κ1) is 14.1. The molecule has 0 atom stereocenters. The van der Waals surface area contributed by atoms with Crippen LogP contribution < -0.4 is 5.32 Å². The van der Waals surface area contributed by atoms with Crippen LogP contribution in [0.3, 0.4) is 0 Å². The Hall–Kier alpha value is -1.95. The molecule has 1 amide bonds. The van der Waals surface area contributed by atoms with Crippen LogP contribution >= 0.6 is 11.3 Å². The van der Waals surface area contributed by atoms with Crippen molar-refractivity contribution in [1.82, 2.24) is 4.98 Å². The molecule has 1 aromatic rings. The van der Waals surface area contributed by atoms with Gasteiger partial charge in [-0.15, -0.1) is 11.3 Å². The molecule has 6 heteroatoms. The number of carbonyl (C=O) groups is 2. The lowest BCUT2D eigenvalue weighted by molar-refractivity contribution is -0.137. The van der Waals surface area contributed by atoms with E-state index in [0.29, 0.717) is 11.7 Å². The van der Waals surface area contributed by atoms with Gasteiger partial charge in [-0.1, -0.05) is 12.2 Å². The summed E-state index contributed by atoms with van der Waals surface area (Å²) in [6.07, 6.45) is 6.33. The molecule has 0 aliphatic heterocycles. The van der Waals surface area contributed by atoms with Crippen molar-refractivity contribution in [2.24, 2.45) is 0 Å². The maximum Gasteiger partial charge on any atom is 0.330 e. The van der Waals surface area contributed by atoms with Gasteiger partial charge >= 0.3 is 5.97 Å². The second-order valence-electron chi connectivity index (χ2n) is 3.23. The van der Waals surface area contributed by atoms with E-state index in [-0.39, 0.29) is 11.9 Å². The maximum atomic E-state index is 11.0. The van der Waals surface area contributed by atoms with E-state index in [9.17, 15) is 9.59 Å². The number of anilines is 1. The summed E-state index contributed by atoms with van der Waals surface area (Å²) >= 11 is 1.34. The number of aromatic nitrogens is 1. The van der Waals surface area contributed by atoms with E-state index in [1.807, 2.05) is 0 Å². The largest absolute Gasteiger partial charge is 0.463 e. The molecule has 18 heavy (non-hydrogen) atoms. The number of ether oxygens (including phenoxy) is 1. The number of nitrogens with one attached hydrogen (secondary N) is 1. The summed E-state index contributed by atoms with van der Waals surface area (Å²) in [5, 5.41) is 4.95. The number of amides is 1. The van der Waals surface area contributed by atoms with Crippen LogP contribution in [0, 0.1) is 0 Å². The van der Waals surface area contributed by atoms with Crippen molar-refractivity contribution in [3.63, 3.8) is 0 Å². The minimum Gasteiger partial charge on any atom is -0.463 e. The van der Waals surface area contributed by atoms with Crippen LogP contribution in [0.4, 0.5) is 5.13 Å². The Morgan fingerprint density at radius 1 is 1.50 bits per heavy atom. The summed E-state index contributed by atoms with van der Waals surface area (Å²) in [7, 11) is 0. The zero-order valence-electron chi connectivity index (χ0n) is 10.2. The number of rotatable bonds is 5. The van der Waals surface area contributed by atoms with E-state index in [1.165, 1.54) is 24.3 Å². The SMILES string of the molecule is CCOC(=O)/C=C/C=C/c1csc(NC(C)=O)n1. The first-order valence-corrected chi connectivity index (χ1v) is 6.24. The Bertz CT molecular complexity index is 477. The van der Waals surface area contributed by atoms with E-state index in [2.05, 4.69) is 10.3 Å². The van der Waals surface area contributed by atoms with E-state index in [4.69, 9.17) is 4.74 Å². The number of esters is 1. The highest BCUT2D eigenvalue weighted by Crippen LogP contribution is 2.16. The summed E-state index contributed by atoms with van der Waals surface area (Å²) < 4.78 is 4.72. The molecule has 0 saturated carbocycles. The van der Waals surface area contributed by atoms with Gasteiger partial charge in [0.2, 0.25) is 5.91 Å². The molecule has 0 aliphatic carbocycles. The van der Waals surface area contributed by atoms with Crippen LogP contribution in [0.5, 0.6) is 0 Å². The molecule has 0 bridgehead atoms. The number of hydrogen-bond acceptors (Lipinski definition) is 5. The lowest BCUT2D eigenvalue weighted by Gasteiger charge is -1.92. The first-order valence-electron chi connectivity index (χ1n) is 5.36. The second kappa shape index (κ2) is 7.39. The van der Waals surface area contributed by atoms with Gasteiger partial charge in [0.1, 0.15) is 0 Å². The van der Waals surface area contributed by atoms with Crippen molar-refractivity contribution in [3.8, 4) is 0 Å². The number of carbonyl (C=O) groups excluding carboxylic acids is 2. The van der Waals surface area contributed by atoms with Crippen LogP contribution in [0.2, 0.25) is 0 Å². The molecule has 0 saturated heterocycles. The third-order valence-corrected chi connectivity index (χ3v) is 2.48. The van der Waals surface area contributed by atoms with E-state index in [0.717, 1.165) is 5.69 Å². The molecule has 0 spiro atoms. The van der Waals surface area contributed by atoms with Crippen molar-refractivity contribution < 1.29 is 14.3 Å². The molecule has 0 aliphatic rings. The van der Waals surface area contributed by atoms with Crippen LogP contribution in [0.1, 0.15) is 19.5 Å². The normalized spacial score (nSPS) is 11.0. The molecule has 1 N–H and O–H groups in total. The zero-order valence-corrected chi connectivity index (χ0v) is 11.0. The summed E-state index contributed by atoms with van der Waals surface area (Å²) in [5.74, 6) is -0.526. The minimum atomic E-state index is -0.376. The van der Waals surface area contributed by atoms with Crippen molar-refractivity contribution >= 4 is 34.4 Å². The van der Waals surface area contributed by atoms with E-state index >= 15 is 0 Å². The minimum absolute atomic E-state index is 0.151. The highest BCUT2D eigenvalue weighted by atomic mass is 32.1. The van der Waals surface area contributed by atoms with Gasteiger partial charge < -0.3 is 10.1 Å². The standard InChI is InChI=1S/C12H14N2O3S/c1-3-17-11(16)7-5-4-6-10-8-18-12(14-10)13-9(2)15/h4-8H,3H2,1-2H3,(H,13,14,15)/b6-4+,7-5+. The fourth-order valence-electron chi connectivity index (χ4n) is 1.05. The molecule has 0 aromatic carbocycles. The van der Waals surface area contributed by atoms with Crippen molar-refractivity contribution in [2.75, 3.05) is 11.9 Å². The quantitative estimate of drug-likeness (QED) is 0.504. The fraction of sp³-hybridized carbons (Fsp3) is 0.250. The lowest BCUT2D eigenvalue weighted by Crippen LogP contribution is -2.04. The number of nitrogens with zero attached hydrogens (tertiary/aromatic N) is 1. The van der Waals surface area contributed by atoms with Crippen molar-refractivity contribution in [3.05, 3.63) is 29.3 Å². The molecular formula is C12H14N2O3S. The van der Waals surface area contributed by atoms with Crippen molar-refractivity contribution in [2.45, 2.75) is 13.8 Å². The Labute approximate surface area is 109 Å². The van der Waals surface area contributed by atoms with Crippen molar-refractivity contribution in [1.29, 1.82) is 0 Å². The summed E-state index contributed by atoms with van der Waals surface area (Å²) in [5.41, 5.74) is 0.720. The van der Waals surface area contributed by atoms with Gasteiger partial charge in [-0.3, -0.25) is 4.79 Å². The molecule has 0 radical (unpaired) electrons. The molecule has 96 valence electrons. The number of thiazole rings is 1. The van der Waals surface area contributed by atoms with E-state index in [1.54, 1.807) is 30.5 Å². The topological polar surface area (TPSA) is 68.3 Å². The van der Waals surface area contributed by atoms with Crippen LogP contribution in [0.15, 0.2) is 23.6 Å². The van der Waals surface area contributed by atoms with Crippen LogP contribution in [0.25, 0.3) is 6.08 Å². The highest BCUT2D eigenvalue weighted by molar-refractivity contribution is 7.14. The number of allylic oxidation sites excluding steroid dienone is 2. The van der Waals surface area contributed by atoms with Gasteiger partial charge in [-0.05, 0) is 13.0 Å². The zero-order chi connectivity index (χ0) is 13.4. The van der Waals surface area contributed by atoms with Gasteiger partial charge in [-0.2, -0.15) is 0 Å². The average Bonchev–Trinajstić information content (AvgIpc) is 2.71. The Morgan fingerprint density at radius 2 is 2.28 bits per heavy atom. The molecular weight excluding hydrogens is 252 g/mol. The average molecular weight is 266 g/mol. The van der Waals surface area contributed by atoms with E-state index < -0.39 is 0 Å². The van der Waals surface area contributed by atoms with Gasteiger partial charge in [-0.25, -0.2) is 9.78 Å². The lowest BCUT2D eigenvalue weighted by atomic mass is 10.4. The third-order valence-electron chi connectivity index (χ3n) is 1.70. The Balaban J connectivity index is 2.49. The molecule has 5 nitrogen and oxygen atoms in total. The molecule has 0 unspecified atom stereocenters. The maximum absolute atomic E-state index is 11.0. The monoisotopic (exact) mass is 266 g/mol. The Kier molecular flexibility index (Phi) is 5.79. The molecule has 1 aromatic heterocycles. The fourth-order valence-corrected chi connectivity index (χ4v) is 1.77.